The van der Waals surface area contributed by atoms with Crippen LogP contribution in [0.25, 0.3) is 0 Å². The van der Waals surface area contributed by atoms with Gasteiger partial charge in [-0.05, 0) is 37.1 Å². The smallest absolute Gasteiger partial charge is 0.237 e. The predicted molar refractivity (Wildman–Crippen MR) is 90.8 cm³/mol. The lowest BCUT2D eigenvalue weighted by Crippen LogP contribution is -2.45. The number of nitrogens with one attached hydrogen (secondary N) is 2. The van der Waals surface area contributed by atoms with Crippen molar-refractivity contribution in [3.05, 3.63) is 33.8 Å². The van der Waals surface area contributed by atoms with Crippen LogP contribution in [0.2, 0.25) is 10.0 Å². The number of benzene rings is 1. The largest absolute Gasteiger partial charge is 0.354 e. The second-order valence-electron chi connectivity index (χ2n) is 5.88. The number of halogens is 3. The van der Waals surface area contributed by atoms with E-state index < -0.39 is 0 Å². The molecule has 0 bridgehead atoms. The molecule has 0 spiro atoms. The zero-order chi connectivity index (χ0) is 14.8. The lowest BCUT2D eigenvalue weighted by molar-refractivity contribution is -0.123. The van der Waals surface area contributed by atoms with Crippen LogP contribution < -0.4 is 10.6 Å². The van der Waals surface area contributed by atoms with Gasteiger partial charge in [0, 0.05) is 12.0 Å². The number of hydrogen-bond acceptors (Lipinski definition) is 2. The standard InChI is InChI=1S/C15H20Cl2N2O.ClH/c1-15(2,10-5-6-11(16)12(17)8-10)9-19-14(20)13-4-3-7-18-13;/h5-6,8,13,18H,3-4,7,9H2,1-2H3,(H,19,20);1H. The van der Waals surface area contributed by atoms with Gasteiger partial charge in [-0.15, -0.1) is 12.4 Å². The minimum Gasteiger partial charge on any atom is -0.354 e. The van der Waals surface area contributed by atoms with Crippen molar-refractivity contribution in [3.63, 3.8) is 0 Å². The summed E-state index contributed by atoms with van der Waals surface area (Å²) in [6.45, 7) is 5.65. The van der Waals surface area contributed by atoms with Crippen molar-refractivity contribution < 1.29 is 4.79 Å². The second kappa shape index (κ2) is 7.68. The van der Waals surface area contributed by atoms with E-state index in [0.717, 1.165) is 24.9 Å². The van der Waals surface area contributed by atoms with E-state index in [0.29, 0.717) is 16.6 Å². The number of hydrogen-bond donors (Lipinski definition) is 2. The maximum absolute atomic E-state index is 12.0. The van der Waals surface area contributed by atoms with E-state index in [1.165, 1.54) is 0 Å². The Morgan fingerprint density at radius 3 is 2.67 bits per heavy atom. The molecule has 0 saturated carbocycles. The summed E-state index contributed by atoms with van der Waals surface area (Å²) >= 11 is 12.0. The lowest BCUT2D eigenvalue weighted by Gasteiger charge is -2.27. The fourth-order valence-electron chi connectivity index (χ4n) is 2.36. The molecule has 1 fully saturated rings. The zero-order valence-electron chi connectivity index (χ0n) is 12.2. The molecule has 1 atom stereocenters. The first kappa shape index (κ1) is 18.6. The summed E-state index contributed by atoms with van der Waals surface area (Å²) in [6.07, 6.45) is 1.98. The first-order valence-electron chi connectivity index (χ1n) is 6.87. The van der Waals surface area contributed by atoms with Crippen molar-refractivity contribution in [2.24, 2.45) is 0 Å². The van der Waals surface area contributed by atoms with Crippen LogP contribution in [0.3, 0.4) is 0 Å². The van der Waals surface area contributed by atoms with Crippen LogP contribution in [-0.2, 0) is 10.2 Å². The molecular formula is C15H21Cl3N2O. The van der Waals surface area contributed by atoms with E-state index in [9.17, 15) is 4.79 Å². The maximum atomic E-state index is 12.0. The Morgan fingerprint density at radius 2 is 2.10 bits per heavy atom. The number of carbonyl (C=O) groups excluding carboxylic acids is 1. The third-order valence-electron chi connectivity index (χ3n) is 3.78. The molecule has 0 aromatic heterocycles. The van der Waals surface area contributed by atoms with Gasteiger partial charge in [-0.3, -0.25) is 4.79 Å². The first-order valence-corrected chi connectivity index (χ1v) is 7.62. The zero-order valence-corrected chi connectivity index (χ0v) is 14.5. The minimum absolute atomic E-state index is 0. The van der Waals surface area contributed by atoms with Crippen LogP contribution in [0.5, 0.6) is 0 Å². The van der Waals surface area contributed by atoms with Crippen molar-refractivity contribution in [2.45, 2.75) is 38.1 Å². The van der Waals surface area contributed by atoms with Gasteiger partial charge in [0.1, 0.15) is 0 Å². The van der Waals surface area contributed by atoms with Gasteiger partial charge in [0.15, 0.2) is 0 Å². The van der Waals surface area contributed by atoms with Crippen LogP contribution in [0.1, 0.15) is 32.3 Å². The van der Waals surface area contributed by atoms with Gasteiger partial charge in [-0.2, -0.15) is 0 Å². The Bertz CT molecular complexity index is 500. The Morgan fingerprint density at radius 1 is 1.38 bits per heavy atom. The molecule has 1 saturated heterocycles. The summed E-state index contributed by atoms with van der Waals surface area (Å²) in [7, 11) is 0. The topological polar surface area (TPSA) is 41.1 Å². The molecule has 0 radical (unpaired) electrons. The van der Waals surface area contributed by atoms with Gasteiger partial charge in [0.05, 0.1) is 16.1 Å². The summed E-state index contributed by atoms with van der Waals surface area (Å²) in [5.41, 5.74) is 0.870. The molecule has 1 aliphatic heterocycles. The molecular weight excluding hydrogens is 331 g/mol. The van der Waals surface area contributed by atoms with Gasteiger partial charge in [0.2, 0.25) is 5.91 Å². The Hall–Kier alpha value is -0.480. The van der Waals surface area contributed by atoms with Gasteiger partial charge in [-0.1, -0.05) is 43.1 Å². The summed E-state index contributed by atoms with van der Waals surface area (Å²) in [5.74, 6) is 0.0793. The molecule has 0 aliphatic carbocycles. The molecule has 21 heavy (non-hydrogen) atoms. The molecule has 118 valence electrons. The number of amides is 1. The highest BCUT2D eigenvalue weighted by Gasteiger charge is 2.26. The lowest BCUT2D eigenvalue weighted by atomic mass is 9.84. The molecule has 1 amide bonds. The van der Waals surface area contributed by atoms with E-state index in [2.05, 4.69) is 24.5 Å². The third kappa shape index (κ3) is 4.75. The van der Waals surface area contributed by atoms with E-state index in [4.69, 9.17) is 23.2 Å². The minimum atomic E-state index is -0.192. The SMILES string of the molecule is CC(C)(CNC(=O)C1CCCN1)c1ccc(Cl)c(Cl)c1.Cl. The summed E-state index contributed by atoms with van der Waals surface area (Å²) < 4.78 is 0. The summed E-state index contributed by atoms with van der Waals surface area (Å²) in [5, 5.41) is 7.31. The Balaban J connectivity index is 0.00000220. The van der Waals surface area contributed by atoms with Crippen LogP contribution in [-0.4, -0.2) is 25.0 Å². The van der Waals surface area contributed by atoms with Crippen molar-refractivity contribution in [3.8, 4) is 0 Å². The average molecular weight is 352 g/mol. The molecule has 2 N–H and O–H groups in total. The highest BCUT2D eigenvalue weighted by Crippen LogP contribution is 2.29. The molecule has 1 aromatic rings. The van der Waals surface area contributed by atoms with Crippen molar-refractivity contribution in [2.75, 3.05) is 13.1 Å². The van der Waals surface area contributed by atoms with Crippen molar-refractivity contribution in [1.29, 1.82) is 0 Å². The monoisotopic (exact) mass is 350 g/mol. The quantitative estimate of drug-likeness (QED) is 0.871. The van der Waals surface area contributed by atoms with Crippen LogP contribution >= 0.6 is 35.6 Å². The Kier molecular flexibility index (Phi) is 6.79. The molecule has 1 unspecified atom stereocenters. The van der Waals surface area contributed by atoms with E-state index in [1.54, 1.807) is 6.07 Å². The maximum Gasteiger partial charge on any atom is 0.237 e. The molecule has 1 heterocycles. The Labute approximate surface area is 142 Å². The second-order valence-corrected chi connectivity index (χ2v) is 6.69. The van der Waals surface area contributed by atoms with Gasteiger partial charge in [-0.25, -0.2) is 0 Å². The predicted octanol–water partition coefficient (Wildman–Crippen LogP) is 3.56. The van der Waals surface area contributed by atoms with Crippen LogP contribution in [0.4, 0.5) is 0 Å². The van der Waals surface area contributed by atoms with Crippen LogP contribution in [0, 0.1) is 0 Å². The summed E-state index contributed by atoms with van der Waals surface area (Å²) in [4.78, 5) is 12.0. The normalized spacial score (nSPS) is 18.2. The van der Waals surface area contributed by atoms with Gasteiger partial charge in [0.25, 0.3) is 0 Å². The van der Waals surface area contributed by atoms with Crippen molar-refractivity contribution >= 4 is 41.5 Å². The molecule has 1 aromatic carbocycles. The average Bonchev–Trinajstić information content (AvgIpc) is 2.93. The summed E-state index contributed by atoms with van der Waals surface area (Å²) in [6, 6.07) is 5.57. The number of rotatable bonds is 4. The van der Waals surface area contributed by atoms with Crippen LogP contribution in [0.15, 0.2) is 18.2 Å². The van der Waals surface area contributed by atoms with E-state index >= 15 is 0 Å². The van der Waals surface area contributed by atoms with Gasteiger partial charge >= 0.3 is 0 Å². The third-order valence-corrected chi connectivity index (χ3v) is 4.52. The molecule has 6 heteroatoms. The molecule has 3 nitrogen and oxygen atoms in total. The molecule has 2 rings (SSSR count). The van der Waals surface area contributed by atoms with Gasteiger partial charge < -0.3 is 10.6 Å². The highest BCUT2D eigenvalue weighted by molar-refractivity contribution is 6.42. The fraction of sp³-hybridized carbons (Fsp3) is 0.533. The number of carbonyl (C=O) groups is 1. The molecule has 1 aliphatic rings. The first-order chi connectivity index (χ1) is 9.40. The fourth-order valence-corrected chi connectivity index (χ4v) is 2.66. The highest BCUT2D eigenvalue weighted by atomic mass is 35.5. The van der Waals surface area contributed by atoms with Crippen molar-refractivity contribution in [1.82, 2.24) is 10.6 Å². The van der Waals surface area contributed by atoms with E-state index in [-0.39, 0.29) is 29.8 Å². The van der Waals surface area contributed by atoms with E-state index in [1.807, 2.05) is 12.1 Å².